The van der Waals surface area contributed by atoms with Gasteiger partial charge >= 0.3 is 0 Å². The molecular formula is C17H17N5O3. The van der Waals surface area contributed by atoms with Crippen LogP contribution < -0.4 is 5.48 Å². The minimum Gasteiger partial charge on any atom is -0.350 e. The predicted octanol–water partition coefficient (Wildman–Crippen LogP) is 1.98. The van der Waals surface area contributed by atoms with Gasteiger partial charge in [-0.25, -0.2) is 19.8 Å². The van der Waals surface area contributed by atoms with E-state index in [4.69, 9.17) is 9.57 Å². The Morgan fingerprint density at radius 2 is 2.24 bits per heavy atom. The molecule has 0 aliphatic carbocycles. The van der Waals surface area contributed by atoms with E-state index in [1.54, 1.807) is 23.1 Å². The van der Waals surface area contributed by atoms with Gasteiger partial charge in [0, 0.05) is 37.2 Å². The second-order valence-electron chi connectivity index (χ2n) is 5.71. The molecule has 4 heterocycles. The van der Waals surface area contributed by atoms with Crippen LogP contribution in [0.5, 0.6) is 0 Å². The Bertz CT molecular complexity index is 874. The lowest BCUT2D eigenvalue weighted by Crippen LogP contribution is -2.33. The van der Waals surface area contributed by atoms with Gasteiger partial charge < -0.3 is 4.74 Å². The van der Waals surface area contributed by atoms with Crippen molar-refractivity contribution >= 4 is 11.6 Å². The predicted molar refractivity (Wildman–Crippen MR) is 88.4 cm³/mol. The molecule has 0 radical (unpaired) electrons. The topological polar surface area (TPSA) is 90.6 Å². The molecule has 8 nitrogen and oxygen atoms in total. The molecule has 1 atom stereocenters. The van der Waals surface area contributed by atoms with Gasteiger partial charge in [-0.05, 0) is 31.0 Å². The summed E-state index contributed by atoms with van der Waals surface area (Å²) in [7, 11) is 0. The van der Waals surface area contributed by atoms with Crippen molar-refractivity contribution in [2.45, 2.75) is 25.6 Å². The number of amides is 1. The molecule has 8 heteroatoms. The largest absolute Gasteiger partial charge is 0.350 e. The van der Waals surface area contributed by atoms with Crippen LogP contribution in [0.3, 0.4) is 0 Å². The van der Waals surface area contributed by atoms with Crippen LogP contribution in [-0.2, 0) is 9.57 Å². The molecule has 1 unspecified atom stereocenters. The zero-order valence-electron chi connectivity index (χ0n) is 13.5. The third-order valence-electron chi connectivity index (χ3n) is 4.02. The molecule has 128 valence electrons. The van der Waals surface area contributed by atoms with E-state index in [9.17, 15) is 4.79 Å². The highest BCUT2D eigenvalue weighted by atomic mass is 16.8. The van der Waals surface area contributed by atoms with Crippen LogP contribution in [0.4, 0.5) is 0 Å². The molecule has 1 aliphatic heterocycles. The first kappa shape index (κ1) is 15.7. The summed E-state index contributed by atoms with van der Waals surface area (Å²) in [5.74, 6) is -0.403. The maximum absolute atomic E-state index is 12.4. The molecule has 0 spiro atoms. The van der Waals surface area contributed by atoms with Gasteiger partial charge in [0.2, 0.25) is 0 Å². The molecule has 1 fully saturated rings. The number of ether oxygens (including phenoxy) is 1. The number of nitrogens with one attached hydrogen (secondary N) is 1. The quantitative estimate of drug-likeness (QED) is 0.731. The molecule has 0 saturated carbocycles. The van der Waals surface area contributed by atoms with E-state index in [-0.39, 0.29) is 0 Å². The fourth-order valence-corrected chi connectivity index (χ4v) is 2.76. The Kier molecular flexibility index (Phi) is 4.36. The van der Waals surface area contributed by atoms with Crippen LogP contribution >= 0.6 is 0 Å². The molecule has 4 rings (SSSR count). The molecule has 0 bridgehead atoms. The number of hydrogen-bond donors (Lipinski definition) is 1. The number of nitrogens with zero attached hydrogens (tertiary/aromatic N) is 4. The van der Waals surface area contributed by atoms with Crippen LogP contribution in [0.15, 0.2) is 43.0 Å². The summed E-state index contributed by atoms with van der Waals surface area (Å²) < 4.78 is 7.04. The first-order chi connectivity index (χ1) is 12.3. The van der Waals surface area contributed by atoms with Crippen LogP contribution in [0.2, 0.25) is 0 Å². The molecule has 0 aromatic carbocycles. The lowest BCUT2D eigenvalue weighted by Gasteiger charge is -2.21. The van der Waals surface area contributed by atoms with Gasteiger partial charge in [0.25, 0.3) is 5.91 Å². The van der Waals surface area contributed by atoms with Gasteiger partial charge in [-0.15, -0.1) is 0 Å². The van der Waals surface area contributed by atoms with Gasteiger partial charge in [-0.2, -0.15) is 5.10 Å². The van der Waals surface area contributed by atoms with Gasteiger partial charge in [0.05, 0.1) is 11.9 Å². The van der Waals surface area contributed by atoms with Gasteiger partial charge in [0.1, 0.15) is 5.56 Å². The average Bonchev–Trinajstić information content (AvgIpc) is 3.12. The highest BCUT2D eigenvalue weighted by molar-refractivity contribution is 5.99. The van der Waals surface area contributed by atoms with Gasteiger partial charge in [-0.3, -0.25) is 9.78 Å². The lowest BCUT2D eigenvalue weighted by molar-refractivity contribution is -0.186. The third-order valence-corrected chi connectivity index (χ3v) is 4.02. The molecule has 3 aromatic heterocycles. The van der Waals surface area contributed by atoms with E-state index in [1.165, 1.54) is 6.20 Å². The lowest BCUT2D eigenvalue weighted by atomic mass is 10.2. The van der Waals surface area contributed by atoms with Crippen LogP contribution in [0.25, 0.3) is 16.9 Å². The summed E-state index contributed by atoms with van der Waals surface area (Å²) in [6, 6.07) is 5.59. The summed E-state index contributed by atoms with van der Waals surface area (Å²) in [5, 5.41) is 4.29. The molecule has 25 heavy (non-hydrogen) atoms. The second-order valence-corrected chi connectivity index (χ2v) is 5.71. The van der Waals surface area contributed by atoms with Gasteiger partial charge in [-0.1, -0.05) is 0 Å². The van der Waals surface area contributed by atoms with Crippen LogP contribution in [-0.4, -0.2) is 38.4 Å². The van der Waals surface area contributed by atoms with Crippen molar-refractivity contribution in [3.8, 4) is 11.3 Å². The maximum atomic E-state index is 12.4. The SMILES string of the molecule is O=C(NOC1CCCCO1)c1cnn2c(-c3cccnc3)ccnc12. The number of pyridine rings is 1. The summed E-state index contributed by atoms with van der Waals surface area (Å²) in [6.45, 7) is 0.646. The zero-order valence-corrected chi connectivity index (χ0v) is 13.5. The standard InChI is InChI=1S/C17H17N5O3/c23-17(21-25-15-5-1-2-9-24-15)13-11-20-22-14(6-8-19-16(13)22)12-4-3-7-18-10-12/h3-4,6-8,10-11,15H,1-2,5,9H2,(H,21,23). The fraction of sp³-hybridized carbons (Fsp3) is 0.294. The Morgan fingerprint density at radius 1 is 1.28 bits per heavy atom. The van der Waals surface area contributed by atoms with Crippen LogP contribution in [0.1, 0.15) is 29.6 Å². The maximum Gasteiger partial charge on any atom is 0.280 e. The van der Waals surface area contributed by atoms with Gasteiger partial charge in [0.15, 0.2) is 11.9 Å². The molecule has 1 aliphatic rings. The summed E-state index contributed by atoms with van der Waals surface area (Å²) >= 11 is 0. The van der Waals surface area contributed by atoms with Crippen molar-refractivity contribution < 1.29 is 14.4 Å². The van der Waals surface area contributed by atoms with Crippen molar-refractivity contribution in [2.24, 2.45) is 0 Å². The smallest absolute Gasteiger partial charge is 0.280 e. The fourth-order valence-electron chi connectivity index (χ4n) is 2.76. The first-order valence-corrected chi connectivity index (χ1v) is 8.13. The molecule has 1 saturated heterocycles. The second kappa shape index (κ2) is 6.96. The third kappa shape index (κ3) is 3.21. The van der Waals surface area contributed by atoms with Crippen molar-refractivity contribution in [3.63, 3.8) is 0 Å². The molecule has 3 aromatic rings. The van der Waals surface area contributed by atoms with Crippen LogP contribution in [0, 0.1) is 0 Å². The normalized spacial score (nSPS) is 17.5. The number of rotatable bonds is 4. The van der Waals surface area contributed by atoms with E-state index in [1.807, 2.05) is 18.2 Å². The minimum atomic E-state index is -0.404. The number of carbonyl (C=O) groups excluding carboxylic acids is 1. The van der Waals surface area contributed by atoms with Crippen molar-refractivity contribution in [2.75, 3.05) is 6.61 Å². The molecular weight excluding hydrogens is 322 g/mol. The highest BCUT2D eigenvalue weighted by Crippen LogP contribution is 2.20. The summed E-state index contributed by atoms with van der Waals surface area (Å²) in [4.78, 5) is 26.1. The molecule has 1 N–H and O–H groups in total. The zero-order chi connectivity index (χ0) is 17.1. The van der Waals surface area contributed by atoms with E-state index in [0.717, 1.165) is 30.5 Å². The Balaban J connectivity index is 1.57. The minimum absolute atomic E-state index is 0.335. The Labute approximate surface area is 143 Å². The number of fused-ring (bicyclic) bond motifs is 1. The van der Waals surface area contributed by atoms with E-state index in [2.05, 4.69) is 20.5 Å². The average molecular weight is 339 g/mol. The van der Waals surface area contributed by atoms with Crippen molar-refractivity contribution in [1.82, 2.24) is 25.1 Å². The van der Waals surface area contributed by atoms with E-state index in [0.29, 0.717) is 17.8 Å². The number of aromatic nitrogens is 4. The highest BCUT2D eigenvalue weighted by Gasteiger charge is 2.19. The monoisotopic (exact) mass is 339 g/mol. The molecule has 1 amide bonds. The Morgan fingerprint density at radius 3 is 3.04 bits per heavy atom. The number of carbonyl (C=O) groups is 1. The first-order valence-electron chi connectivity index (χ1n) is 8.13. The van der Waals surface area contributed by atoms with Crippen molar-refractivity contribution in [3.05, 3.63) is 48.5 Å². The van der Waals surface area contributed by atoms with E-state index >= 15 is 0 Å². The number of hydrogen-bond acceptors (Lipinski definition) is 6. The Hall–Kier alpha value is -2.84. The van der Waals surface area contributed by atoms with Crippen molar-refractivity contribution in [1.29, 1.82) is 0 Å². The van der Waals surface area contributed by atoms with E-state index < -0.39 is 12.2 Å². The summed E-state index contributed by atoms with van der Waals surface area (Å²) in [5.41, 5.74) is 4.91. The number of hydroxylamine groups is 1. The summed E-state index contributed by atoms with van der Waals surface area (Å²) in [6.07, 6.45) is 8.95.